The van der Waals surface area contributed by atoms with Crippen LogP contribution in [-0.2, 0) is 11.3 Å². The molecule has 24 heavy (non-hydrogen) atoms. The van der Waals surface area contributed by atoms with E-state index in [0.29, 0.717) is 6.54 Å². The molecule has 0 saturated heterocycles. The fraction of sp³-hybridized carbons (Fsp3) is 0.250. The van der Waals surface area contributed by atoms with Crippen LogP contribution in [0.1, 0.15) is 12.0 Å². The van der Waals surface area contributed by atoms with E-state index in [0.717, 1.165) is 18.7 Å². The number of hydrogen-bond acceptors (Lipinski definition) is 2. The molecule has 0 atom stereocenters. The van der Waals surface area contributed by atoms with Crippen LogP contribution in [0, 0.1) is 6.92 Å². The van der Waals surface area contributed by atoms with Crippen LogP contribution in [0.2, 0.25) is 0 Å². The quantitative estimate of drug-likeness (QED) is 0.676. The van der Waals surface area contributed by atoms with Crippen molar-refractivity contribution in [3.63, 3.8) is 0 Å². The van der Waals surface area contributed by atoms with Crippen molar-refractivity contribution in [2.45, 2.75) is 19.9 Å². The predicted octanol–water partition coefficient (Wildman–Crippen LogP) is 3.54. The molecule has 4 nitrogen and oxygen atoms in total. The Morgan fingerprint density at radius 3 is 2.71 bits per heavy atom. The smallest absolute Gasteiger partial charge is 0.257 e. The topological polar surface area (TPSA) is 43.3 Å². The molecule has 1 heterocycles. The Hall–Kier alpha value is -2.75. The lowest BCUT2D eigenvalue weighted by Gasteiger charge is -2.09. The van der Waals surface area contributed by atoms with Crippen LogP contribution < -0.4 is 10.1 Å². The molecule has 0 spiro atoms. The van der Waals surface area contributed by atoms with Gasteiger partial charge in [0.15, 0.2) is 6.61 Å². The van der Waals surface area contributed by atoms with E-state index in [-0.39, 0.29) is 12.5 Å². The molecule has 0 aliphatic carbocycles. The third-order valence-electron chi connectivity index (χ3n) is 3.97. The molecule has 0 unspecified atom stereocenters. The SMILES string of the molecule is Cc1ccc(OCC(=O)NCCCn2ccc3ccccc32)cc1. The van der Waals surface area contributed by atoms with Crippen LogP contribution in [0.5, 0.6) is 5.75 Å². The fourth-order valence-corrected chi connectivity index (χ4v) is 2.65. The summed E-state index contributed by atoms with van der Waals surface area (Å²) in [4.78, 5) is 11.8. The molecule has 3 aromatic rings. The van der Waals surface area contributed by atoms with E-state index in [1.807, 2.05) is 43.3 Å². The van der Waals surface area contributed by atoms with Gasteiger partial charge < -0.3 is 14.6 Å². The highest BCUT2D eigenvalue weighted by Crippen LogP contribution is 2.15. The molecule has 3 rings (SSSR count). The predicted molar refractivity (Wildman–Crippen MR) is 96.2 cm³/mol. The lowest BCUT2D eigenvalue weighted by Crippen LogP contribution is -2.30. The van der Waals surface area contributed by atoms with Gasteiger partial charge in [0.2, 0.25) is 0 Å². The van der Waals surface area contributed by atoms with Crippen molar-refractivity contribution in [1.29, 1.82) is 0 Å². The summed E-state index contributed by atoms with van der Waals surface area (Å²) in [7, 11) is 0. The van der Waals surface area contributed by atoms with Gasteiger partial charge in [-0.1, -0.05) is 35.9 Å². The van der Waals surface area contributed by atoms with Gasteiger partial charge >= 0.3 is 0 Å². The maximum Gasteiger partial charge on any atom is 0.257 e. The lowest BCUT2D eigenvalue weighted by atomic mass is 10.2. The van der Waals surface area contributed by atoms with Crippen LogP contribution in [0.25, 0.3) is 10.9 Å². The number of para-hydroxylation sites is 1. The van der Waals surface area contributed by atoms with Crippen molar-refractivity contribution in [2.75, 3.05) is 13.2 Å². The van der Waals surface area contributed by atoms with Gasteiger partial charge in [0.25, 0.3) is 5.91 Å². The number of amides is 1. The molecular weight excluding hydrogens is 300 g/mol. The second-order valence-electron chi connectivity index (χ2n) is 5.87. The molecule has 1 amide bonds. The molecule has 124 valence electrons. The minimum absolute atomic E-state index is 0.0511. The number of ether oxygens (including phenoxy) is 1. The van der Waals surface area contributed by atoms with Crippen molar-refractivity contribution >= 4 is 16.8 Å². The van der Waals surface area contributed by atoms with Gasteiger partial charge in [0, 0.05) is 24.8 Å². The van der Waals surface area contributed by atoms with Gasteiger partial charge in [-0.3, -0.25) is 4.79 Å². The second kappa shape index (κ2) is 7.68. The summed E-state index contributed by atoms with van der Waals surface area (Å²) in [6.45, 7) is 3.59. The first-order valence-electron chi connectivity index (χ1n) is 8.22. The van der Waals surface area contributed by atoms with Gasteiger partial charge in [0.05, 0.1) is 0 Å². The summed E-state index contributed by atoms with van der Waals surface area (Å²) in [6, 6.07) is 18.1. The maximum absolute atomic E-state index is 11.8. The number of nitrogens with zero attached hydrogens (tertiary/aromatic N) is 1. The highest BCUT2D eigenvalue weighted by molar-refractivity contribution is 5.80. The van der Waals surface area contributed by atoms with Crippen LogP contribution in [0.3, 0.4) is 0 Å². The number of aromatic nitrogens is 1. The highest BCUT2D eigenvalue weighted by Gasteiger charge is 2.03. The van der Waals surface area contributed by atoms with Crippen molar-refractivity contribution in [2.24, 2.45) is 0 Å². The number of fused-ring (bicyclic) bond motifs is 1. The number of rotatable bonds is 7. The molecule has 2 aromatic carbocycles. The van der Waals surface area contributed by atoms with Crippen molar-refractivity contribution in [3.05, 3.63) is 66.4 Å². The third kappa shape index (κ3) is 4.16. The van der Waals surface area contributed by atoms with E-state index in [1.54, 1.807) is 0 Å². The summed E-state index contributed by atoms with van der Waals surface area (Å²) in [5.74, 6) is 0.627. The molecule has 0 saturated carbocycles. The number of nitrogens with one attached hydrogen (secondary N) is 1. The molecule has 0 aliphatic rings. The Kier molecular flexibility index (Phi) is 5.16. The Labute approximate surface area is 142 Å². The Balaban J connectivity index is 1.38. The molecule has 0 bridgehead atoms. The minimum Gasteiger partial charge on any atom is -0.484 e. The number of hydrogen-bond donors (Lipinski definition) is 1. The highest BCUT2D eigenvalue weighted by atomic mass is 16.5. The summed E-state index contributed by atoms with van der Waals surface area (Å²) in [5, 5.41) is 4.14. The first-order valence-corrected chi connectivity index (χ1v) is 8.22. The van der Waals surface area contributed by atoms with E-state index >= 15 is 0 Å². The van der Waals surface area contributed by atoms with Crippen molar-refractivity contribution in [3.8, 4) is 5.75 Å². The first-order chi connectivity index (χ1) is 11.7. The van der Waals surface area contributed by atoms with Crippen LogP contribution in [0.4, 0.5) is 0 Å². The van der Waals surface area contributed by atoms with Gasteiger partial charge in [-0.05, 0) is 43.0 Å². The van der Waals surface area contributed by atoms with Gasteiger partial charge in [-0.15, -0.1) is 0 Å². The zero-order valence-electron chi connectivity index (χ0n) is 13.9. The van der Waals surface area contributed by atoms with E-state index in [2.05, 4.69) is 34.3 Å². The van der Waals surface area contributed by atoms with E-state index in [1.165, 1.54) is 16.5 Å². The molecule has 1 N–H and O–H groups in total. The summed E-state index contributed by atoms with van der Waals surface area (Å²) < 4.78 is 7.68. The van der Waals surface area contributed by atoms with E-state index in [4.69, 9.17) is 4.74 Å². The number of carbonyl (C=O) groups is 1. The van der Waals surface area contributed by atoms with Gasteiger partial charge in [0.1, 0.15) is 5.75 Å². The monoisotopic (exact) mass is 322 g/mol. The van der Waals surface area contributed by atoms with E-state index < -0.39 is 0 Å². The lowest BCUT2D eigenvalue weighted by molar-refractivity contribution is -0.123. The number of benzene rings is 2. The van der Waals surface area contributed by atoms with Crippen LogP contribution in [-0.4, -0.2) is 23.6 Å². The van der Waals surface area contributed by atoms with E-state index in [9.17, 15) is 4.79 Å². The zero-order chi connectivity index (χ0) is 16.8. The zero-order valence-corrected chi connectivity index (χ0v) is 13.9. The third-order valence-corrected chi connectivity index (χ3v) is 3.97. The minimum atomic E-state index is -0.0899. The van der Waals surface area contributed by atoms with Crippen molar-refractivity contribution < 1.29 is 9.53 Å². The fourth-order valence-electron chi connectivity index (χ4n) is 2.65. The molecular formula is C20H22N2O2. The van der Waals surface area contributed by atoms with Gasteiger partial charge in [-0.2, -0.15) is 0 Å². The average Bonchev–Trinajstić information content (AvgIpc) is 3.01. The largest absolute Gasteiger partial charge is 0.484 e. The average molecular weight is 322 g/mol. The first kappa shape index (κ1) is 16.1. The second-order valence-corrected chi connectivity index (χ2v) is 5.87. The maximum atomic E-state index is 11.8. The standard InChI is InChI=1S/C20H22N2O2/c1-16-7-9-18(10-8-16)24-15-20(23)21-12-4-13-22-14-11-17-5-2-3-6-19(17)22/h2-3,5-11,14H,4,12-13,15H2,1H3,(H,21,23). The van der Waals surface area contributed by atoms with Crippen LogP contribution in [0.15, 0.2) is 60.8 Å². The molecule has 0 fully saturated rings. The molecule has 4 heteroatoms. The Morgan fingerprint density at radius 2 is 1.88 bits per heavy atom. The molecule has 1 aromatic heterocycles. The summed E-state index contributed by atoms with van der Waals surface area (Å²) >= 11 is 0. The number of aryl methyl sites for hydroxylation is 2. The summed E-state index contributed by atoms with van der Waals surface area (Å²) in [6.07, 6.45) is 2.97. The number of carbonyl (C=O) groups excluding carboxylic acids is 1. The normalized spacial score (nSPS) is 10.7. The van der Waals surface area contributed by atoms with Crippen molar-refractivity contribution in [1.82, 2.24) is 9.88 Å². The van der Waals surface area contributed by atoms with Gasteiger partial charge in [-0.25, -0.2) is 0 Å². The van der Waals surface area contributed by atoms with Crippen LogP contribution >= 0.6 is 0 Å². The molecule has 0 aliphatic heterocycles. The summed E-state index contributed by atoms with van der Waals surface area (Å²) in [5.41, 5.74) is 2.40. The molecule has 0 radical (unpaired) electrons. The Bertz CT molecular complexity index is 806. The Morgan fingerprint density at radius 1 is 1.08 bits per heavy atom.